The first kappa shape index (κ1) is 16.9. The number of amides is 1. The van der Waals surface area contributed by atoms with E-state index >= 15 is 0 Å². The molecule has 1 heterocycles. The van der Waals surface area contributed by atoms with E-state index in [1.165, 1.54) is 37.4 Å². The molecule has 0 aromatic heterocycles. The third-order valence-corrected chi connectivity index (χ3v) is 5.07. The van der Waals surface area contributed by atoms with E-state index in [0.717, 1.165) is 0 Å². The molecule has 0 unspecified atom stereocenters. The van der Waals surface area contributed by atoms with Gasteiger partial charge in [0.15, 0.2) is 6.17 Å². The molecule has 0 bridgehead atoms. The van der Waals surface area contributed by atoms with E-state index in [0.29, 0.717) is 16.9 Å². The van der Waals surface area contributed by atoms with Crippen molar-refractivity contribution in [3.8, 4) is 0 Å². The normalized spacial score (nSPS) is 17.7. The third kappa shape index (κ3) is 3.47. The van der Waals surface area contributed by atoms with Gasteiger partial charge in [-0.05, 0) is 36.4 Å². The monoisotopic (exact) mass is 361 g/mol. The summed E-state index contributed by atoms with van der Waals surface area (Å²) in [7, 11) is -2.51. The van der Waals surface area contributed by atoms with Crippen molar-refractivity contribution in [3.63, 3.8) is 0 Å². The van der Waals surface area contributed by atoms with Crippen molar-refractivity contribution in [2.24, 2.45) is 0 Å². The Morgan fingerprint density at radius 3 is 2.44 bits per heavy atom. The molecule has 2 aromatic carbocycles. The van der Waals surface area contributed by atoms with E-state index in [-0.39, 0.29) is 4.90 Å². The van der Waals surface area contributed by atoms with Crippen LogP contribution in [0, 0.1) is 0 Å². The van der Waals surface area contributed by atoms with Gasteiger partial charge in [0, 0.05) is 5.69 Å². The maximum atomic E-state index is 12.3. The minimum absolute atomic E-state index is 0.0847. The van der Waals surface area contributed by atoms with Gasteiger partial charge in [-0.3, -0.25) is 4.79 Å². The highest BCUT2D eigenvalue weighted by atomic mass is 32.2. The number of carbonyl (C=O) groups excluding carboxylic acids is 2. The minimum atomic E-state index is -3.78. The number of rotatable bonds is 3. The Balaban J connectivity index is 1.75. The summed E-state index contributed by atoms with van der Waals surface area (Å²) in [5.74, 6) is -1.07. The molecule has 3 rings (SSSR count). The van der Waals surface area contributed by atoms with Crippen LogP contribution in [0.4, 0.5) is 11.4 Å². The van der Waals surface area contributed by atoms with Crippen LogP contribution < -0.4 is 15.4 Å². The second-order valence-electron chi connectivity index (χ2n) is 5.25. The average Bonchev–Trinajstić information content (AvgIpc) is 2.61. The van der Waals surface area contributed by atoms with E-state index in [1.54, 1.807) is 18.2 Å². The third-order valence-electron chi connectivity index (χ3n) is 3.59. The Kier molecular flexibility index (Phi) is 4.43. The van der Waals surface area contributed by atoms with Gasteiger partial charge in [0.1, 0.15) is 4.90 Å². The van der Waals surface area contributed by atoms with Crippen LogP contribution in [0.2, 0.25) is 0 Å². The SMILES string of the molecule is COC(=O)c1ccc(NC(=O)[C@@H]2Nc3ccccc3S(=O)(=O)N2)cc1. The molecule has 1 aliphatic rings. The minimum Gasteiger partial charge on any atom is -0.465 e. The van der Waals surface area contributed by atoms with Gasteiger partial charge in [0.2, 0.25) is 10.0 Å². The maximum absolute atomic E-state index is 12.3. The summed E-state index contributed by atoms with van der Waals surface area (Å²) in [6, 6.07) is 12.3. The number of sulfonamides is 1. The average molecular weight is 361 g/mol. The van der Waals surface area contributed by atoms with Crippen LogP contribution in [-0.4, -0.2) is 33.6 Å². The van der Waals surface area contributed by atoms with Crippen LogP contribution in [0.25, 0.3) is 0 Å². The number of hydrogen-bond donors (Lipinski definition) is 3. The Morgan fingerprint density at radius 1 is 1.08 bits per heavy atom. The number of fused-ring (bicyclic) bond motifs is 1. The highest BCUT2D eigenvalue weighted by molar-refractivity contribution is 7.89. The Bertz CT molecular complexity index is 925. The lowest BCUT2D eigenvalue weighted by molar-refractivity contribution is -0.117. The molecular formula is C16H15N3O5S. The van der Waals surface area contributed by atoms with E-state index in [1.807, 2.05) is 0 Å². The molecule has 1 amide bonds. The van der Waals surface area contributed by atoms with Crippen molar-refractivity contribution in [3.05, 3.63) is 54.1 Å². The molecule has 0 aliphatic carbocycles. The predicted molar refractivity (Wildman–Crippen MR) is 90.6 cm³/mol. The smallest absolute Gasteiger partial charge is 0.337 e. The molecule has 0 fully saturated rings. The second-order valence-corrected chi connectivity index (χ2v) is 6.94. The lowest BCUT2D eigenvalue weighted by atomic mass is 10.2. The fraction of sp³-hybridized carbons (Fsp3) is 0.125. The van der Waals surface area contributed by atoms with Gasteiger partial charge in [-0.15, -0.1) is 0 Å². The molecule has 0 saturated carbocycles. The molecular weight excluding hydrogens is 346 g/mol. The first-order chi connectivity index (χ1) is 11.9. The number of para-hydroxylation sites is 1. The topological polar surface area (TPSA) is 114 Å². The first-order valence-corrected chi connectivity index (χ1v) is 8.76. The maximum Gasteiger partial charge on any atom is 0.337 e. The van der Waals surface area contributed by atoms with Crippen molar-refractivity contribution < 1.29 is 22.7 Å². The molecule has 2 aromatic rings. The van der Waals surface area contributed by atoms with Crippen LogP contribution in [0.3, 0.4) is 0 Å². The standard InChI is InChI=1S/C16H15N3O5S/c1-24-16(21)10-6-8-11(9-7-10)17-15(20)14-18-12-4-2-3-5-13(12)25(22,23)19-14/h2-9,14,18-19H,1H3,(H,17,20)/t14-/m1/s1. The second kappa shape index (κ2) is 6.54. The number of methoxy groups -OCH3 is 1. The zero-order valence-electron chi connectivity index (χ0n) is 13.1. The lowest BCUT2D eigenvalue weighted by Gasteiger charge is -2.27. The summed E-state index contributed by atoms with van der Waals surface area (Å²) in [6.07, 6.45) is -1.15. The number of anilines is 2. The number of carbonyl (C=O) groups is 2. The largest absolute Gasteiger partial charge is 0.465 e. The van der Waals surface area contributed by atoms with Crippen LogP contribution in [0.15, 0.2) is 53.4 Å². The van der Waals surface area contributed by atoms with Crippen LogP contribution >= 0.6 is 0 Å². The van der Waals surface area contributed by atoms with Gasteiger partial charge in [0.05, 0.1) is 18.4 Å². The summed E-state index contributed by atoms with van der Waals surface area (Å²) < 4.78 is 31.3. The van der Waals surface area contributed by atoms with Gasteiger partial charge in [-0.25, -0.2) is 13.2 Å². The summed E-state index contributed by atoms with van der Waals surface area (Å²) in [5, 5.41) is 5.42. The number of esters is 1. The molecule has 8 nitrogen and oxygen atoms in total. The Hall–Kier alpha value is -2.91. The lowest BCUT2D eigenvalue weighted by Crippen LogP contribution is -2.51. The van der Waals surface area contributed by atoms with Crippen molar-refractivity contribution in [2.75, 3.05) is 17.7 Å². The van der Waals surface area contributed by atoms with Crippen molar-refractivity contribution in [1.82, 2.24) is 4.72 Å². The highest BCUT2D eigenvalue weighted by Gasteiger charge is 2.32. The van der Waals surface area contributed by atoms with E-state index < -0.39 is 28.1 Å². The van der Waals surface area contributed by atoms with Gasteiger partial charge in [-0.2, -0.15) is 4.72 Å². The number of benzene rings is 2. The van der Waals surface area contributed by atoms with E-state index in [9.17, 15) is 18.0 Å². The first-order valence-electron chi connectivity index (χ1n) is 7.28. The summed E-state index contributed by atoms with van der Waals surface area (Å²) >= 11 is 0. The van der Waals surface area contributed by atoms with Crippen molar-refractivity contribution >= 4 is 33.3 Å². The number of nitrogens with one attached hydrogen (secondary N) is 3. The predicted octanol–water partition coefficient (Wildman–Crippen LogP) is 1.14. The molecule has 130 valence electrons. The van der Waals surface area contributed by atoms with E-state index in [4.69, 9.17) is 0 Å². The Morgan fingerprint density at radius 2 is 1.76 bits per heavy atom. The van der Waals surface area contributed by atoms with Crippen LogP contribution in [0.5, 0.6) is 0 Å². The zero-order chi connectivity index (χ0) is 18.0. The fourth-order valence-corrected chi connectivity index (χ4v) is 3.64. The molecule has 0 radical (unpaired) electrons. The summed E-state index contributed by atoms with van der Waals surface area (Å²) in [4.78, 5) is 23.8. The molecule has 0 saturated heterocycles. The quantitative estimate of drug-likeness (QED) is 0.707. The van der Waals surface area contributed by atoms with Crippen LogP contribution in [-0.2, 0) is 19.6 Å². The van der Waals surface area contributed by atoms with Gasteiger partial charge in [-0.1, -0.05) is 12.1 Å². The molecule has 1 aliphatic heterocycles. The molecule has 1 atom stereocenters. The van der Waals surface area contributed by atoms with Crippen molar-refractivity contribution in [1.29, 1.82) is 0 Å². The van der Waals surface area contributed by atoms with Crippen LogP contribution in [0.1, 0.15) is 10.4 Å². The Labute approximate surface area is 144 Å². The summed E-state index contributed by atoms with van der Waals surface area (Å²) in [5.41, 5.74) is 1.10. The van der Waals surface area contributed by atoms with Gasteiger partial charge in [0.25, 0.3) is 5.91 Å². The molecule has 0 spiro atoms. The molecule has 25 heavy (non-hydrogen) atoms. The zero-order valence-corrected chi connectivity index (χ0v) is 14.0. The van der Waals surface area contributed by atoms with E-state index in [2.05, 4.69) is 20.1 Å². The molecule has 9 heteroatoms. The number of ether oxygens (including phenoxy) is 1. The summed E-state index contributed by atoms with van der Waals surface area (Å²) in [6.45, 7) is 0. The number of hydrogen-bond acceptors (Lipinski definition) is 6. The van der Waals surface area contributed by atoms with Gasteiger partial charge >= 0.3 is 5.97 Å². The van der Waals surface area contributed by atoms with Gasteiger partial charge < -0.3 is 15.4 Å². The van der Waals surface area contributed by atoms with Crippen molar-refractivity contribution in [2.45, 2.75) is 11.1 Å². The highest BCUT2D eigenvalue weighted by Crippen LogP contribution is 2.25. The fourth-order valence-electron chi connectivity index (χ4n) is 2.36. The molecule has 3 N–H and O–H groups in total.